The Balaban J connectivity index is 0.000000316. The number of aliphatic carboxylic acids is 1. The van der Waals surface area contributed by atoms with Crippen LogP contribution in [0.4, 0.5) is 9.59 Å². The summed E-state index contributed by atoms with van der Waals surface area (Å²) in [4.78, 5) is 48.2. The van der Waals surface area contributed by atoms with Crippen LogP contribution in [-0.4, -0.2) is 69.8 Å². The second kappa shape index (κ2) is 22.7. The molecule has 318 valence electrons. The van der Waals surface area contributed by atoms with Gasteiger partial charge in [0.2, 0.25) is 0 Å². The van der Waals surface area contributed by atoms with Crippen molar-refractivity contribution in [2.24, 2.45) is 0 Å². The summed E-state index contributed by atoms with van der Waals surface area (Å²) in [5.74, 6) is -0.914. The van der Waals surface area contributed by atoms with Crippen molar-refractivity contribution < 1.29 is 58.2 Å². The Kier molecular flexibility index (Phi) is 18.2. The molecule has 0 aliphatic heterocycles. The highest BCUT2D eigenvalue weighted by Gasteiger charge is 2.28. The van der Waals surface area contributed by atoms with Crippen molar-refractivity contribution in [3.8, 4) is 11.5 Å². The van der Waals surface area contributed by atoms with Crippen LogP contribution in [0.15, 0.2) is 97.1 Å². The number of rotatable bonds is 16. The van der Waals surface area contributed by atoms with E-state index in [0.717, 1.165) is 11.1 Å². The molecule has 0 saturated carbocycles. The third kappa shape index (κ3) is 16.7. The number of aliphatic hydroxyl groups is 2. The summed E-state index contributed by atoms with van der Waals surface area (Å²) < 4.78 is 27.1. The number of methoxy groups -OCH3 is 1. The number of aliphatic hydroxyl groups excluding tert-OH is 2. The smallest absolute Gasteiger partial charge is 0.408 e. The molecule has 4 aromatic rings. The third-order valence-corrected chi connectivity index (χ3v) is 8.16. The summed E-state index contributed by atoms with van der Waals surface area (Å²) in [7, 11) is 1.25. The fraction of sp³-hybridized carbons (Fsp3) is 0.378. The second-order valence-electron chi connectivity index (χ2n) is 15.3. The van der Waals surface area contributed by atoms with Crippen molar-refractivity contribution in [1.29, 1.82) is 0 Å². The molecule has 2 atom stereocenters. The minimum absolute atomic E-state index is 0.0213. The molecule has 0 saturated heterocycles. The van der Waals surface area contributed by atoms with E-state index in [1.165, 1.54) is 7.11 Å². The van der Waals surface area contributed by atoms with E-state index in [-0.39, 0.29) is 32.7 Å². The molecule has 59 heavy (non-hydrogen) atoms. The van der Waals surface area contributed by atoms with Gasteiger partial charge in [-0.3, -0.25) is 0 Å². The van der Waals surface area contributed by atoms with E-state index in [2.05, 4.69) is 10.6 Å². The van der Waals surface area contributed by atoms with Crippen LogP contribution in [-0.2, 0) is 63.1 Å². The largest absolute Gasteiger partial charge is 0.488 e. The number of ether oxygens (including phenoxy) is 5. The lowest BCUT2D eigenvalue weighted by Gasteiger charge is -2.23. The first-order chi connectivity index (χ1) is 27.9. The normalized spacial score (nSPS) is 12.1. The summed E-state index contributed by atoms with van der Waals surface area (Å²) in [5, 5.41) is 33.9. The zero-order chi connectivity index (χ0) is 43.6. The molecule has 2 amide bonds. The number of hydrogen-bond donors (Lipinski definition) is 5. The van der Waals surface area contributed by atoms with Gasteiger partial charge in [0.1, 0.15) is 48.0 Å². The number of carbonyl (C=O) groups excluding carboxylic acids is 3. The minimum atomic E-state index is -1.21. The highest BCUT2D eigenvalue weighted by molar-refractivity contribution is 5.82. The number of para-hydroxylation sites is 2. The number of esters is 1. The number of nitrogens with one attached hydrogen (secondary N) is 2. The standard InChI is InChI=1S/C23H29NO6.C22H27NO6/c1-23(2,3)30-22(27)24-19(21(26)28-4)13-17-11-8-12-18(14-25)20(17)29-15-16-9-6-5-7-10-16;1-22(2,3)29-21(27)23-18(20(25)26)12-16-10-7-11-17(13-24)19(16)28-14-15-8-5-4-6-9-15/h5-12,19,25H,13-15H2,1-4H3,(H,24,27);4-11,18,24H,12-14H2,1-3H3,(H,23,27)(H,25,26)/t19-;18-/m00/s1. The number of alkyl carbamates (subject to hydrolysis) is 2. The number of hydrogen-bond acceptors (Lipinski definition) is 11. The molecule has 0 aromatic heterocycles. The average Bonchev–Trinajstić information content (AvgIpc) is 3.18. The highest BCUT2D eigenvalue weighted by atomic mass is 16.6. The van der Waals surface area contributed by atoms with Crippen molar-refractivity contribution in [3.05, 3.63) is 130 Å². The van der Waals surface area contributed by atoms with Gasteiger partial charge in [-0.15, -0.1) is 0 Å². The van der Waals surface area contributed by atoms with Gasteiger partial charge in [0, 0.05) is 24.0 Å². The molecular weight excluding hydrogens is 760 g/mol. The Bertz CT molecular complexity index is 1960. The van der Waals surface area contributed by atoms with Crippen molar-refractivity contribution in [1.82, 2.24) is 10.6 Å². The van der Waals surface area contributed by atoms with Gasteiger partial charge in [-0.25, -0.2) is 19.2 Å². The molecule has 5 N–H and O–H groups in total. The van der Waals surface area contributed by atoms with Gasteiger partial charge < -0.3 is 49.6 Å². The fourth-order valence-electron chi connectivity index (χ4n) is 5.55. The van der Waals surface area contributed by atoms with Crippen molar-refractivity contribution in [2.45, 2.75) is 104 Å². The van der Waals surface area contributed by atoms with Crippen LogP contribution >= 0.6 is 0 Å². The Morgan fingerprint density at radius 3 is 1.29 bits per heavy atom. The Hall–Kier alpha value is -6.12. The van der Waals surface area contributed by atoms with Gasteiger partial charge in [-0.05, 0) is 63.8 Å². The average molecular weight is 817 g/mol. The monoisotopic (exact) mass is 816 g/mol. The van der Waals surface area contributed by atoms with Crippen LogP contribution in [0.5, 0.6) is 11.5 Å². The van der Waals surface area contributed by atoms with Crippen molar-refractivity contribution >= 4 is 24.1 Å². The predicted octanol–water partition coefficient (Wildman–Crippen LogP) is 6.65. The van der Waals surface area contributed by atoms with Crippen molar-refractivity contribution in [2.75, 3.05) is 7.11 Å². The van der Waals surface area contributed by atoms with Crippen molar-refractivity contribution in [3.63, 3.8) is 0 Å². The molecule has 0 unspecified atom stereocenters. The Morgan fingerprint density at radius 2 is 0.932 bits per heavy atom. The first kappa shape index (κ1) is 47.3. The van der Waals surface area contributed by atoms with E-state index < -0.39 is 47.4 Å². The van der Waals surface area contributed by atoms with Crippen LogP contribution in [0.25, 0.3) is 0 Å². The Morgan fingerprint density at radius 1 is 0.559 bits per heavy atom. The van der Waals surface area contributed by atoms with Crippen LogP contribution < -0.4 is 20.1 Å². The number of amides is 2. The molecule has 0 radical (unpaired) electrons. The van der Waals surface area contributed by atoms with E-state index >= 15 is 0 Å². The summed E-state index contributed by atoms with van der Waals surface area (Å²) >= 11 is 0. The zero-order valence-corrected chi connectivity index (χ0v) is 34.7. The summed E-state index contributed by atoms with van der Waals surface area (Å²) in [5.41, 5.74) is 2.81. The van der Waals surface area contributed by atoms with E-state index in [4.69, 9.17) is 23.7 Å². The van der Waals surface area contributed by atoms with Crippen LogP contribution in [0.3, 0.4) is 0 Å². The van der Waals surface area contributed by atoms with Crippen LogP contribution in [0.2, 0.25) is 0 Å². The third-order valence-electron chi connectivity index (χ3n) is 8.16. The first-order valence-electron chi connectivity index (χ1n) is 19.0. The topological polar surface area (TPSA) is 199 Å². The summed E-state index contributed by atoms with van der Waals surface area (Å²) in [6.07, 6.45) is -1.44. The lowest BCUT2D eigenvalue weighted by Crippen LogP contribution is -2.45. The molecule has 0 spiro atoms. The predicted molar refractivity (Wildman–Crippen MR) is 220 cm³/mol. The number of benzene rings is 4. The summed E-state index contributed by atoms with van der Waals surface area (Å²) in [6, 6.07) is 27.4. The molecule has 4 rings (SSSR count). The molecular formula is C45H56N2O12. The minimum Gasteiger partial charge on any atom is -0.488 e. The molecule has 0 heterocycles. The van der Waals surface area contributed by atoms with E-state index in [1.807, 2.05) is 60.7 Å². The van der Waals surface area contributed by atoms with Gasteiger partial charge in [0.05, 0.1) is 20.3 Å². The van der Waals surface area contributed by atoms with Gasteiger partial charge in [-0.1, -0.05) is 97.1 Å². The molecule has 0 fully saturated rings. The highest BCUT2D eigenvalue weighted by Crippen LogP contribution is 2.28. The maximum atomic E-state index is 12.3. The lowest BCUT2D eigenvalue weighted by molar-refractivity contribution is -0.143. The molecule has 14 nitrogen and oxygen atoms in total. The number of carboxylic acids is 1. The van der Waals surface area contributed by atoms with Crippen LogP contribution in [0, 0.1) is 0 Å². The molecule has 0 bridgehead atoms. The Labute approximate surface area is 345 Å². The molecule has 0 aliphatic rings. The maximum absolute atomic E-state index is 12.3. The lowest BCUT2D eigenvalue weighted by atomic mass is 10.0. The number of carbonyl (C=O) groups is 4. The van der Waals surface area contributed by atoms with E-state index in [9.17, 15) is 34.5 Å². The zero-order valence-electron chi connectivity index (χ0n) is 34.7. The van der Waals surface area contributed by atoms with Gasteiger partial charge in [0.25, 0.3) is 0 Å². The first-order valence-corrected chi connectivity index (χ1v) is 19.0. The van der Waals surface area contributed by atoms with Crippen LogP contribution in [0.1, 0.15) is 74.9 Å². The van der Waals surface area contributed by atoms with Gasteiger partial charge in [0.15, 0.2) is 0 Å². The fourth-order valence-corrected chi connectivity index (χ4v) is 5.55. The quantitative estimate of drug-likeness (QED) is 0.0597. The summed E-state index contributed by atoms with van der Waals surface area (Å²) in [6.45, 7) is 10.4. The van der Waals surface area contributed by atoms with Gasteiger partial charge >= 0.3 is 24.1 Å². The molecule has 4 aromatic carbocycles. The molecule has 14 heteroatoms. The van der Waals surface area contributed by atoms with E-state index in [1.54, 1.807) is 77.9 Å². The van der Waals surface area contributed by atoms with Gasteiger partial charge in [-0.2, -0.15) is 0 Å². The molecule has 0 aliphatic carbocycles. The second-order valence-corrected chi connectivity index (χ2v) is 15.3. The van der Waals surface area contributed by atoms with E-state index in [0.29, 0.717) is 40.4 Å². The number of carboxylic acid groups (broad SMARTS) is 1. The maximum Gasteiger partial charge on any atom is 0.408 e. The SMILES string of the molecule is CC(C)(C)OC(=O)N[C@@H](Cc1cccc(CO)c1OCc1ccccc1)C(=O)O.COC(=O)[C@H](Cc1cccc(CO)c1OCc1ccccc1)NC(=O)OC(C)(C)C.